The van der Waals surface area contributed by atoms with Gasteiger partial charge in [-0.05, 0) is 0 Å². The molecule has 12 heavy (non-hydrogen) atoms. The van der Waals surface area contributed by atoms with Gasteiger partial charge in [-0.1, -0.05) is 0 Å². The van der Waals surface area contributed by atoms with Gasteiger partial charge in [0, 0.05) is 0 Å². The van der Waals surface area contributed by atoms with Crippen LogP contribution >= 0.6 is 0 Å². The van der Waals surface area contributed by atoms with Crippen molar-refractivity contribution in [1.82, 2.24) is 0 Å². The van der Waals surface area contributed by atoms with Crippen LogP contribution in [0.3, 0.4) is 0 Å². The molecule has 1 rings (SSSR count). The van der Waals surface area contributed by atoms with Crippen molar-refractivity contribution >= 4 is 22.5 Å². The van der Waals surface area contributed by atoms with Crippen LogP contribution in [0.25, 0.3) is 0 Å². The van der Waals surface area contributed by atoms with Crippen LogP contribution in [-0.4, -0.2) is 22.5 Å². The third-order valence-electron chi connectivity index (χ3n) is 2.11. The summed E-state index contributed by atoms with van der Waals surface area (Å²) in [4.78, 5) is 0. The molecule has 0 heterocycles. The SMILES string of the molecule is [Br-].[Br-].[Br-].[Sn+3][CH]1CCCCCCC1. The van der Waals surface area contributed by atoms with Crippen molar-refractivity contribution in [3.63, 3.8) is 0 Å². The quantitative estimate of drug-likeness (QED) is 0.310. The Kier molecular flexibility index (Phi) is 21.8. The first-order valence-electron chi connectivity index (χ1n) is 4.11. The van der Waals surface area contributed by atoms with E-state index in [1.807, 2.05) is 0 Å². The molecule has 0 aromatic rings. The molecule has 72 valence electrons. The van der Waals surface area contributed by atoms with Gasteiger partial charge in [0.2, 0.25) is 0 Å². The standard InChI is InChI=1S/C8H15.3BrH.Sn/c1-2-4-6-8-7-5-3-1;;;;/h1H,2-8H2;3*1H;/q;;;;+3/p-3. The average molecular weight is 470 g/mol. The summed E-state index contributed by atoms with van der Waals surface area (Å²) in [6.07, 6.45) is 10.6. The summed E-state index contributed by atoms with van der Waals surface area (Å²) in [5, 5.41) is 0. The van der Waals surface area contributed by atoms with Gasteiger partial charge in [0.1, 0.15) is 0 Å². The fraction of sp³-hybridized carbons (Fsp3) is 1.00. The molecule has 0 saturated heterocycles. The zero-order chi connectivity index (χ0) is 6.53. The van der Waals surface area contributed by atoms with E-state index in [2.05, 4.69) is 0 Å². The molecule has 0 amide bonds. The number of hydrogen-bond donors (Lipinski definition) is 0. The number of hydrogen-bond acceptors (Lipinski definition) is 0. The second-order valence-electron chi connectivity index (χ2n) is 3.04. The first kappa shape index (κ1) is 19.8. The second kappa shape index (κ2) is 13.2. The summed E-state index contributed by atoms with van der Waals surface area (Å²) in [7, 11) is 0. The first-order chi connectivity index (χ1) is 4.39. The normalized spacial score (nSPS) is 18.8. The van der Waals surface area contributed by atoms with Crippen LogP contribution in [0.15, 0.2) is 0 Å². The van der Waals surface area contributed by atoms with E-state index in [4.69, 9.17) is 0 Å². The molecule has 0 unspecified atom stereocenters. The molecular formula is C8H15Br3Sn. The monoisotopic (exact) mass is 468 g/mol. The zero-order valence-corrected chi connectivity index (χ0v) is 14.8. The molecular weight excluding hydrogens is 455 g/mol. The fourth-order valence-electron chi connectivity index (χ4n) is 1.46. The topological polar surface area (TPSA) is 0 Å². The van der Waals surface area contributed by atoms with Gasteiger partial charge < -0.3 is 50.9 Å². The van der Waals surface area contributed by atoms with E-state index in [1.54, 1.807) is 22.5 Å². The van der Waals surface area contributed by atoms with Gasteiger partial charge >= 0.3 is 71.4 Å². The van der Waals surface area contributed by atoms with Gasteiger partial charge in [0.05, 0.1) is 0 Å². The van der Waals surface area contributed by atoms with Gasteiger partial charge in [-0.15, -0.1) is 0 Å². The Bertz CT molecular complexity index is 72.7. The Morgan fingerprint density at radius 3 is 1.42 bits per heavy atom. The molecule has 1 saturated carbocycles. The minimum absolute atomic E-state index is 0. The van der Waals surface area contributed by atoms with Crippen molar-refractivity contribution in [2.24, 2.45) is 0 Å². The third kappa shape index (κ3) is 10.3. The van der Waals surface area contributed by atoms with E-state index in [0.29, 0.717) is 0 Å². The summed E-state index contributed by atoms with van der Waals surface area (Å²) < 4.78 is 1.11. The van der Waals surface area contributed by atoms with E-state index in [0.717, 1.165) is 3.93 Å². The van der Waals surface area contributed by atoms with Crippen LogP contribution in [0.1, 0.15) is 44.9 Å². The van der Waals surface area contributed by atoms with Crippen LogP contribution in [-0.2, 0) is 0 Å². The molecule has 0 aromatic carbocycles. The fourth-order valence-corrected chi connectivity index (χ4v) is 2.62. The van der Waals surface area contributed by atoms with Gasteiger partial charge in [0.15, 0.2) is 0 Å². The molecule has 0 aromatic heterocycles. The number of rotatable bonds is 0. The molecule has 0 spiro atoms. The summed E-state index contributed by atoms with van der Waals surface area (Å²) >= 11 is 1.78. The van der Waals surface area contributed by atoms with Crippen molar-refractivity contribution in [3.05, 3.63) is 0 Å². The Labute approximate surface area is 121 Å². The van der Waals surface area contributed by atoms with E-state index in [-0.39, 0.29) is 50.9 Å². The van der Waals surface area contributed by atoms with Gasteiger partial charge in [-0.25, -0.2) is 0 Å². The van der Waals surface area contributed by atoms with Crippen LogP contribution in [0.4, 0.5) is 0 Å². The Morgan fingerprint density at radius 1 is 0.667 bits per heavy atom. The zero-order valence-electron chi connectivity index (χ0n) is 7.16. The van der Waals surface area contributed by atoms with E-state index in [9.17, 15) is 0 Å². The van der Waals surface area contributed by atoms with Crippen LogP contribution in [0.5, 0.6) is 0 Å². The van der Waals surface area contributed by atoms with E-state index in [1.165, 1.54) is 44.9 Å². The van der Waals surface area contributed by atoms with Crippen LogP contribution in [0.2, 0.25) is 3.93 Å². The van der Waals surface area contributed by atoms with Crippen molar-refractivity contribution in [3.8, 4) is 0 Å². The minimum atomic E-state index is 0. The predicted molar refractivity (Wildman–Crippen MR) is 41.8 cm³/mol. The second-order valence-corrected chi connectivity index (χ2v) is 5.37. The summed E-state index contributed by atoms with van der Waals surface area (Å²) in [6.45, 7) is 0. The molecule has 0 bridgehead atoms. The van der Waals surface area contributed by atoms with Crippen LogP contribution in [0, 0.1) is 0 Å². The molecule has 1 aliphatic carbocycles. The molecule has 1 fully saturated rings. The molecule has 0 atom stereocenters. The van der Waals surface area contributed by atoms with Crippen molar-refractivity contribution in [2.75, 3.05) is 0 Å². The maximum atomic E-state index is 1.78. The van der Waals surface area contributed by atoms with Crippen molar-refractivity contribution < 1.29 is 50.9 Å². The van der Waals surface area contributed by atoms with Gasteiger partial charge in [0.25, 0.3) is 0 Å². The molecule has 0 nitrogen and oxygen atoms in total. The van der Waals surface area contributed by atoms with Crippen molar-refractivity contribution in [1.29, 1.82) is 0 Å². The maximum absolute atomic E-state index is 1.78. The Balaban J connectivity index is -0.000000270. The third-order valence-corrected chi connectivity index (χ3v) is 3.75. The van der Waals surface area contributed by atoms with Gasteiger partial charge in [-0.2, -0.15) is 0 Å². The molecule has 0 aliphatic heterocycles. The summed E-state index contributed by atoms with van der Waals surface area (Å²) in [5.41, 5.74) is 0. The molecule has 0 radical (unpaired) electrons. The Morgan fingerprint density at radius 2 is 1.00 bits per heavy atom. The van der Waals surface area contributed by atoms with E-state index >= 15 is 0 Å². The molecule has 0 N–H and O–H groups in total. The summed E-state index contributed by atoms with van der Waals surface area (Å²) in [5.74, 6) is 0. The van der Waals surface area contributed by atoms with Crippen LogP contribution < -0.4 is 50.9 Å². The summed E-state index contributed by atoms with van der Waals surface area (Å²) in [6, 6.07) is 0. The molecule has 4 heteroatoms. The van der Waals surface area contributed by atoms with E-state index < -0.39 is 0 Å². The van der Waals surface area contributed by atoms with Crippen molar-refractivity contribution in [2.45, 2.75) is 48.9 Å². The predicted octanol–water partition coefficient (Wildman–Crippen LogP) is -6.30. The van der Waals surface area contributed by atoms with Gasteiger partial charge in [-0.3, -0.25) is 0 Å². The first-order valence-corrected chi connectivity index (χ1v) is 5.75. The molecule has 1 aliphatic rings. The average Bonchev–Trinajstić information content (AvgIpc) is 1.79. The Hall–Kier alpha value is 2.24. The number of halogens is 3.